The fourth-order valence-electron chi connectivity index (χ4n) is 2.50. The number of ether oxygens (including phenoxy) is 1. The number of nitrogens with zero attached hydrogens (tertiary/aromatic N) is 2. The van der Waals surface area contributed by atoms with Crippen LogP contribution in [0.15, 0.2) is 18.2 Å². The van der Waals surface area contributed by atoms with Crippen molar-refractivity contribution in [2.24, 2.45) is 0 Å². The molecule has 0 spiro atoms. The highest BCUT2D eigenvalue weighted by atomic mass is 16.6. The van der Waals surface area contributed by atoms with Crippen LogP contribution in [0.3, 0.4) is 0 Å². The van der Waals surface area contributed by atoms with Gasteiger partial charge >= 0.3 is 0 Å². The van der Waals surface area contributed by atoms with Crippen LogP contribution < -0.4 is 15.1 Å². The minimum atomic E-state index is 0.302. The molecule has 1 aromatic rings. The molecule has 1 N–H and O–H groups in total. The molecule has 2 rings (SSSR count). The van der Waals surface area contributed by atoms with Crippen molar-refractivity contribution in [1.82, 2.24) is 10.4 Å². The first kappa shape index (κ1) is 17.3. The van der Waals surface area contributed by atoms with E-state index in [-0.39, 0.29) is 0 Å². The molecular weight excluding hydrogens is 294 g/mol. The summed E-state index contributed by atoms with van der Waals surface area (Å²) in [7, 11) is 3.78. The van der Waals surface area contributed by atoms with Gasteiger partial charge in [-0.2, -0.15) is 0 Å². The van der Waals surface area contributed by atoms with Gasteiger partial charge in [0.1, 0.15) is 5.75 Å². The van der Waals surface area contributed by atoms with Gasteiger partial charge in [-0.25, -0.2) is 4.79 Å². The highest BCUT2D eigenvalue weighted by molar-refractivity contribution is 5.87. The minimum absolute atomic E-state index is 0.302. The van der Waals surface area contributed by atoms with Crippen molar-refractivity contribution in [3.63, 3.8) is 0 Å². The predicted octanol–water partition coefficient (Wildman–Crippen LogP) is 1.55. The topological polar surface area (TPSA) is 54.0 Å². The summed E-state index contributed by atoms with van der Waals surface area (Å²) in [6, 6.07) is 5.66. The molecule has 0 aromatic heterocycles. The second-order valence-electron chi connectivity index (χ2n) is 5.60. The zero-order valence-electron chi connectivity index (χ0n) is 14.1. The molecule has 1 aliphatic heterocycles. The smallest absolute Gasteiger partial charge is 0.153 e. The molecular formula is C17H25N3O3. The number of nitrogens with one attached hydrogen (secondary N) is 1. The quantitative estimate of drug-likeness (QED) is 0.467. The maximum atomic E-state index is 11.2. The average molecular weight is 319 g/mol. The van der Waals surface area contributed by atoms with Gasteiger partial charge in [0.2, 0.25) is 0 Å². The highest BCUT2D eigenvalue weighted by Crippen LogP contribution is 2.31. The van der Waals surface area contributed by atoms with Crippen LogP contribution in [0, 0.1) is 0 Å². The molecule has 6 heteroatoms. The SMILES string of the molecule is CCCONC(=C=O)c1ccc(OC)c(N2CCN(C)CC2)c1. The van der Waals surface area contributed by atoms with E-state index in [1.54, 1.807) is 7.11 Å². The number of carbonyl (C=O) groups excluding carboxylic acids is 1. The summed E-state index contributed by atoms with van der Waals surface area (Å²) in [6.07, 6.45) is 0.869. The fourth-order valence-corrected chi connectivity index (χ4v) is 2.50. The number of hydroxylamine groups is 1. The van der Waals surface area contributed by atoms with Crippen LogP contribution >= 0.6 is 0 Å². The van der Waals surface area contributed by atoms with Crippen molar-refractivity contribution in [1.29, 1.82) is 0 Å². The molecule has 1 heterocycles. The molecule has 0 atom stereocenters. The summed E-state index contributed by atoms with van der Waals surface area (Å²) >= 11 is 0. The standard InChI is InChI=1S/C17H25N3O3/c1-4-11-23-18-15(13-21)14-5-6-17(22-3)16(12-14)20-9-7-19(2)8-10-20/h5-6,12,18H,4,7-11H2,1-3H3. The molecule has 23 heavy (non-hydrogen) atoms. The van der Waals surface area contributed by atoms with Gasteiger partial charge in [0.25, 0.3) is 0 Å². The fraction of sp³-hybridized carbons (Fsp3) is 0.529. The third kappa shape index (κ3) is 4.48. The van der Waals surface area contributed by atoms with E-state index in [0.717, 1.165) is 49.6 Å². The molecule has 0 saturated carbocycles. The van der Waals surface area contributed by atoms with Crippen LogP contribution in [0.1, 0.15) is 18.9 Å². The molecule has 126 valence electrons. The number of rotatable bonds is 7. The van der Waals surface area contributed by atoms with Crippen LogP contribution in [-0.2, 0) is 9.63 Å². The zero-order chi connectivity index (χ0) is 16.7. The van der Waals surface area contributed by atoms with Gasteiger partial charge in [-0.15, -0.1) is 0 Å². The highest BCUT2D eigenvalue weighted by Gasteiger charge is 2.19. The first-order chi connectivity index (χ1) is 11.2. The van der Waals surface area contributed by atoms with Crippen molar-refractivity contribution in [2.75, 3.05) is 51.8 Å². The average Bonchev–Trinajstić information content (AvgIpc) is 2.59. The predicted molar refractivity (Wildman–Crippen MR) is 91.2 cm³/mol. The Bertz CT molecular complexity index is 562. The van der Waals surface area contributed by atoms with Gasteiger partial charge < -0.3 is 14.5 Å². The van der Waals surface area contributed by atoms with Crippen LogP contribution in [-0.4, -0.2) is 57.8 Å². The van der Waals surface area contributed by atoms with Gasteiger partial charge in [0, 0.05) is 31.7 Å². The van der Waals surface area contributed by atoms with Crippen LogP contribution in [0.5, 0.6) is 5.75 Å². The third-order valence-electron chi connectivity index (χ3n) is 3.89. The summed E-state index contributed by atoms with van der Waals surface area (Å²) in [5.74, 6) is 2.72. The molecule has 0 amide bonds. The number of anilines is 1. The molecule has 0 aliphatic carbocycles. The van der Waals surface area contributed by atoms with Gasteiger partial charge in [0.15, 0.2) is 11.6 Å². The largest absolute Gasteiger partial charge is 0.495 e. The van der Waals surface area contributed by atoms with E-state index in [9.17, 15) is 4.79 Å². The van der Waals surface area contributed by atoms with E-state index in [0.29, 0.717) is 12.3 Å². The van der Waals surface area contributed by atoms with Crippen LogP contribution in [0.25, 0.3) is 5.70 Å². The Morgan fingerprint density at radius 3 is 2.65 bits per heavy atom. The minimum Gasteiger partial charge on any atom is -0.495 e. The molecule has 1 saturated heterocycles. The maximum Gasteiger partial charge on any atom is 0.153 e. The lowest BCUT2D eigenvalue weighted by molar-refractivity contribution is 0.0794. The van der Waals surface area contributed by atoms with Crippen molar-refractivity contribution in [3.8, 4) is 5.75 Å². The maximum absolute atomic E-state index is 11.2. The molecule has 1 fully saturated rings. The second kappa shape index (κ2) is 8.58. The summed E-state index contributed by atoms with van der Waals surface area (Å²) in [6.45, 7) is 6.40. The van der Waals surface area contributed by atoms with E-state index in [4.69, 9.17) is 9.57 Å². The van der Waals surface area contributed by atoms with Gasteiger partial charge in [-0.3, -0.25) is 10.3 Å². The Morgan fingerprint density at radius 1 is 1.30 bits per heavy atom. The molecule has 0 bridgehead atoms. The second-order valence-corrected chi connectivity index (χ2v) is 5.60. The zero-order valence-corrected chi connectivity index (χ0v) is 14.1. The lowest BCUT2D eigenvalue weighted by Gasteiger charge is -2.35. The Morgan fingerprint density at radius 2 is 2.04 bits per heavy atom. The van der Waals surface area contributed by atoms with Crippen molar-refractivity contribution in [3.05, 3.63) is 23.8 Å². The number of likely N-dealkylation sites (N-methyl/N-ethyl adjacent to an activating group) is 1. The van der Waals surface area contributed by atoms with Crippen molar-refractivity contribution >= 4 is 17.3 Å². The third-order valence-corrected chi connectivity index (χ3v) is 3.89. The van der Waals surface area contributed by atoms with Gasteiger partial charge in [-0.05, 0) is 31.7 Å². The van der Waals surface area contributed by atoms with E-state index >= 15 is 0 Å². The Balaban J connectivity index is 2.22. The van der Waals surface area contributed by atoms with E-state index in [1.165, 1.54) is 0 Å². The van der Waals surface area contributed by atoms with E-state index in [2.05, 4.69) is 22.3 Å². The summed E-state index contributed by atoms with van der Waals surface area (Å²) in [4.78, 5) is 21.0. The molecule has 1 aliphatic rings. The normalized spacial score (nSPS) is 15.2. The molecule has 0 unspecified atom stereocenters. The number of methoxy groups -OCH3 is 1. The molecule has 0 radical (unpaired) electrons. The Labute approximate surface area is 137 Å². The number of hydrogen-bond acceptors (Lipinski definition) is 6. The van der Waals surface area contributed by atoms with E-state index < -0.39 is 0 Å². The lowest BCUT2D eigenvalue weighted by atomic mass is 10.1. The van der Waals surface area contributed by atoms with Gasteiger partial charge in [-0.1, -0.05) is 6.92 Å². The van der Waals surface area contributed by atoms with Crippen molar-refractivity contribution in [2.45, 2.75) is 13.3 Å². The number of piperazine rings is 1. The van der Waals surface area contributed by atoms with E-state index in [1.807, 2.05) is 31.1 Å². The lowest BCUT2D eigenvalue weighted by Crippen LogP contribution is -2.44. The number of benzene rings is 1. The van der Waals surface area contributed by atoms with Crippen LogP contribution in [0.2, 0.25) is 0 Å². The Kier molecular flexibility index (Phi) is 6.47. The monoisotopic (exact) mass is 319 g/mol. The molecule has 1 aromatic carbocycles. The summed E-state index contributed by atoms with van der Waals surface area (Å²) < 4.78 is 5.48. The van der Waals surface area contributed by atoms with Gasteiger partial charge in [0.05, 0.1) is 19.4 Å². The van der Waals surface area contributed by atoms with Crippen molar-refractivity contribution < 1.29 is 14.4 Å². The Hall–Kier alpha value is -2.01. The molecule has 6 nitrogen and oxygen atoms in total. The first-order valence-electron chi connectivity index (χ1n) is 7.94. The summed E-state index contributed by atoms with van der Waals surface area (Å²) in [5.41, 5.74) is 4.72. The first-order valence-corrected chi connectivity index (χ1v) is 7.94. The summed E-state index contributed by atoms with van der Waals surface area (Å²) in [5, 5.41) is 0. The number of hydrogen-bond donors (Lipinski definition) is 1. The van der Waals surface area contributed by atoms with Crippen LogP contribution in [0.4, 0.5) is 5.69 Å².